The van der Waals surface area contributed by atoms with Gasteiger partial charge in [0, 0.05) is 22.7 Å². The highest BCUT2D eigenvalue weighted by molar-refractivity contribution is 6.03. The van der Waals surface area contributed by atoms with Crippen LogP contribution in [-0.2, 0) is 11.3 Å². The summed E-state index contributed by atoms with van der Waals surface area (Å²) < 4.78 is 7.93. The average molecular weight is 345 g/mol. The van der Waals surface area contributed by atoms with Gasteiger partial charge >= 0.3 is 0 Å². The van der Waals surface area contributed by atoms with E-state index >= 15 is 0 Å². The molecule has 0 spiro atoms. The quantitative estimate of drug-likeness (QED) is 0.549. The number of carbonyl (C=O) groups excluding carboxylic acids is 1. The normalized spacial score (nSPS) is 11.3. The molecule has 1 heterocycles. The Balaban J connectivity index is 1.86. The molecule has 0 saturated carbocycles. The van der Waals surface area contributed by atoms with Crippen molar-refractivity contribution in [3.8, 4) is 11.8 Å². The van der Waals surface area contributed by atoms with Crippen molar-refractivity contribution in [3.63, 3.8) is 0 Å². The van der Waals surface area contributed by atoms with Crippen molar-refractivity contribution in [3.05, 3.63) is 71.4 Å². The molecule has 130 valence electrons. The number of aromatic nitrogens is 1. The molecule has 3 rings (SSSR count). The van der Waals surface area contributed by atoms with Crippen LogP contribution in [0.2, 0.25) is 0 Å². The number of rotatable bonds is 6. The van der Waals surface area contributed by atoms with E-state index in [4.69, 9.17) is 15.7 Å². The van der Waals surface area contributed by atoms with Crippen LogP contribution in [0.1, 0.15) is 11.1 Å². The maximum atomic E-state index is 11.3. The lowest BCUT2D eigenvalue weighted by atomic mass is 10.1. The summed E-state index contributed by atoms with van der Waals surface area (Å²) in [6, 6.07) is 17.6. The zero-order valence-corrected chi connectivity index (χ0v) is 14.5. The number of primary amides is 1. The van der Waals surface area contributed by atoms with Crippen molar-refractivity contribution in [1.82, 2.24) is 4.57 Å². The summed E-state index contributed by atoms with van der Waals surface area (Å²) in [5, 5.41) is 10.0. The Morgan fingerprint density at radius 3 is 2.69 bits per heavy atom. The molecule has 0 saturated heterocycles. The van der Waals surface area contributed by atoms with Crippen molar-refractivity contribution in [2.75, 3.05) is 6.61 Å². The first kappa shape index (κ1) is 17.3. The lowest BCUT2D eigenvalue weighted by molar-refractivity contribution is -0.114. The Bertz CT molecular complexity index is 1030. The molecule has 3 aromatic rings. The molecule has 0 aliphatic carbocycles. The van der Waals surface area contributed by atoms with E-state index in [0.717, 1.165) is 27.8 Å². The lowest BCUT2D eigenvalue weighted by Crippen LogP contribution is -2.12. The number of nitriles is 1. The molecule has 26 heavy (non-hydrogen) atoms. The maximum Gasteiger partial charge on any atom is 0.259 e. The third-order valence-electron chi connectivity index (χ3n) is 4.19. The minimum absolute atomic E-state index is 0.0657. The molecule has 5 heteroatoms. The summed E-state index contributed by atoms with van der Waals surface area (Å²) in [6.07, 6.45) is 3.44. The number of aryl methyl sites for hydroxylation is 1. The molecule has 0 unspecified atom stereocenters. The molecular weight excluding hydrogens is 326 g/mol. The topological polar surface area (TPSA) is 81.0 Å². The minimum Gasteiger partial charge on any atom is -0.491 e. The number of benzene rings is 2. The van der Waals surface area contributed by atoms with E-state index in [9.17, 15) is 4.79 Å². The Hall–Kier alpha value is -3.52. The van der Waals surface area contributed by atoms with Gasteiger partial charge < -0.3 is 15.0 Å². The van der Waals surface area contributed by atoms with Crippen LogP contribution in [0.3, 0.4) is 0 Å². The lowest BCUT2D eigenvalue weighted by Gasteiger charge is -2.10. The van der Waals surface area contributed by atoms with Crippen LogP contribution >= 0.6 is 0 Å². The SMILES string of the molecule is Cc1ccccc1OCCn1cc(/C=C(/C#N)C(N)=O)c2ccccc21. The van der Waals surface area contributed by atoms with E-state index in [0.29, 0.717) is 13.2 Å². The van der Waals surface area contributed by atoms with Crippen molar-refractivity contribution >= 4 is 22.9 Å². The van der Waals surface area contributed by atoms with Crippen LogP contribution in [0.4, 0.5) is 0 Å². The summed E-state index contributed by atoms with van der Waals surface area (Å²) in [7, 11) is 0. The summed E-state index contributed by atoms with van der Waals surface area (Å²) in [4.78, 5) is 11.3. The second-order valence-corrected chi connectivity index (χ2v) is 5.94. The highest BCUT2D eigenvalue weighted by atomic mass is 16.5. The van der Waals surface area contributed by atoms with Crippen molar-refractivity contribution in [2.45, 2.75) is 13.5 Å². The maximum absolute atomic E-state index is 11.3. The zero-order valence-electron chi connectivity index (χ0n) is 14.5. The standard InChI is InChI=1S/C21H19N3O2/c1-15-6-2-5-9-20(15)26-11-10-24-14-17(12-16(13-22)21(23)25)18-7-3-4-8-19(18)24/h2-9,12,14H,10-11H2,1H3,(H2,23,25)/b16-12-. The van der Waals surface area contributed by atoms with Crippen LogP contribution in [0.25, 0.3) is 17.0 Å². The number of para-hydroxylation sites is 2. The van der Waals surface area contributed by atoms with Crippen molar-refractivity contribution in [1.29, 1.82) is 5.26 Å². The molecule has 0 aliphatic rings. The third kappa shape index (κ3) is 3.60. The van der Waals surface area contributed by atoms with Gasteiger partial charge in [0.1, 0.15) is 24.0 Å². The van der Waals surface area contributed by atoms with Gasteiger partial charge in [-0.2, -0.15) is 5.26 Å². The number of carbonyl (C=O) groups is 1. The molecule has 2 N–H and O–H groups in total. The average Bonchev–Trinajstić information content (AvgIpc) is 2.99. The third-order valence-corrected chi connectivity index (χ3v) is 4.19. The fourth-order valence-electron chi connectivity index (χ4n) is 2.86. The second-order valence-electron chi connectivity index (χ2n) is 5.94. The Labute approximate surface area is 151 Å². The van der Waals surface area contributed by atoms with Crippen LogP contribution in [-0.4, -0.2) is 17.1 Å². The molecule has 1 amide bonds. The summed E-state index contributed by atoms with van der Waals surface area (Å²) >= 11 is 0. The van der Waals surface area contributed by atoms with E-state index in [2.05, 4.69) is 4.57 Å². The molecule has 1 aromatic heterocycles. The number of ether oxygens (including phenoxy) is 1. The first-order chi connectivity index (χ1) is 12.6. The van der Waals surface area contributed by atoms with E-state index < -0.39 is 5.91 Å². The Morgan fingerprint density at radius 1 is 1.23 bits per heavy atom. The van der Waals surface area contributed by atoms with E-state index in [1.165, 1.54) is 6.08 Å². The van der Waals surface area contributed by atoms with Gasteiger partial charge in [-0.3, -0.25) is 4.79 Å². The zero-order chi connectivity index (χ0) is 18.5. The highest BCUT2D eigenvalue weighted by Crippen LogP contribution is 2.24. The highest BCUT2D eigenvalue weighted by Gasteiger charge is 2.10. The summed E-state index contributed by atoms with van der Waals surface area (Å²) in [5.41, 5.74) is 8.07. The molecule has 0 fully saturated rings. The first-order valence-electron chi connectivity index (χ1n) is 8.28. The molecule has 5 nitrogen and oxygen atoms in total. The number of hydrogen-bond donors (Lipinski definition) is 1. The largest absolute Gasteiger partial charge is 0.491 e. The fraction of sp³-hybridized carbons (Fsp3) is 0.143. The van der Waals surface area contributed by atoms with Gasteiger partial charge in [0.25, 0.3) is 5.91 Å². The van der Waals surface area contributed by atoms with Gasteiger partial charge in [0.15, 0.2) is 0 Å². The van der Waals surface area contributed by atoms with Crippen LogP contribution in [0, 0.1) is 18.3 Å². The molecule has 0 radical (unpaired) electrons. The fourth-order valence-corrected chi connectivity index (χ4v) is 2.86. The molecular formula is C21H19N3O2. The van der Waals surface area contributed by atoms with E-state index in [1.54, 1.807) is 0 Å². The van der Waals surface area contributed by atoms with Gasteiger partial charge in [0.2, 0.25) is 0 Å². The number of nitrogens with two attached hydrogens (primary N) is 1. The monoisotopic (exact) mass is 345 g/mol. The summed E-state index contributed by atoms with van der Waals surface area (Å²) in [5.74, 6) is 0.136. The van der Waals surface area contributed by atoms with Gasteiger partial charge in [-0.05, 0) is 30.7 Å². The molecule has 0 aliphatic heterocycles. The smallest absolute Gasteiger partial charge is 0.259 e. The van der Waals surface area contributed by atoms with Gasteiger partial charge in [-0.25, -0.2) is 0 Å². The summed E-state index contributed by atoms with van der Waals surface area (Å²) in [6.45, 7) is 3.16. The van der Waals surface area contributed by atoms with Crippen molar-refractivity contribution < 1.29 is 9.53 Å². The molecule has 0 atom stereocenters. The predicted molar refractivity (Wildman–Crippen MR) is 101 cm³/mol. The number of hydrogen-bond acceptors (Lipinski definition) is 3. The molecule has 2 aromatic carbocycles. The van der Waals surface area contributed by atoms with E-state index in [1.807, 2.05) is 67.7 Å². The minimum atomic E-state index is -0.729. The predicted octanol–water partition coefficient (Wildman–Crippen LogP) is 3.42. The first-order valence-corrected chi connectivity index (χ1v) is 8.28. The number of fused-ring (bicyclic) bond motifs is 1. The van der Waals surface area contributed by atoms with Crippen LogP contribution in [0.15, 0.2) is 60.3 Å². The Morgan fingerprint density at radius 2 is 1.96 bits per heavy atom. The van der Waals surface area contributed by atoms with Crippen molar-refractivity contribution in [2.24, 2.45) is 5.73 Å². The van der Waals surface area contributed by atoms with Gasteiger partial charge in [-0.15, -0.1) is 0 Å². The van der Waals surface area contributed by atoms with Crippen LogP contribution < -0.4 is 10.5 Å². The van der Waals surface area contributed by atoms with Gasteiger partial charge in [0.05, 0.1) is 6.54 Å². The van der Waals surface area contributed by atoms with Gasteiger partial charge in [-0.1, -0.05) is 36.4 Å². The molecule has 0 bridgehead atoms. The number of amides is 1. The Kier molecular flexibility index (Phi) is 5.04. The van der Waals surface area contributed by atoms with E-state index in [-0.39, 0.29) is 5.57 Å². The van der Waals surface area contributed by atoms with Crippen LogP contribution in [0.5, 0.6) is 5.75 Å². The number of nitrogens with zero attached hydrogens (tertiary/aromatic N) is 2. The second kappa shape index (κ2) is 7.58.